The normalized spacial score (nSPS) is 16.0. The second-order valence-corrected chi connectivity index (χ2v) is 6.78. The van der Waals surface area contributed by atoms with Crippen LogP contribution in [0.25, 0.3) is 0 Å². The lowest BCUT2D eigenvalue weighted by molar-refractivity contribution is 0.254. The molecule has 3 rings (SSSR count). The maximum Gasteiger partial charge on any atom is 0.225 e. The predicted molar refractivity (Wildman–Crippen MR) is 98.0 cm³/mol. The molecule has 1 fully saturated rings. The fourth-order valence-electron chi connectivity index (χ4n) is 3.08. The molecule has 1 aliphatic rings. The van der Waals surface area contributed by atoms with Crippen molar-refractivity contribution in [2.24, 2.45) is 11.1 Å². The van der Waals surface area contributed by atoms with Gasteiger partial charge in [-0.1, -0.05) is 30.3 Å². The lowest BCUT2D eigenvalue weighted by Crippen LogP contribution is -2.38. The number of aromatic nitrogens is 1. The molecule has 2 aromatic rings. The van der Waals surface area contributed by atoms with Crippen LogP contribution in [0.2, 0.25) is 0 Å². The van der Waals surface area contributed by atoms with E-state index >= 15 is 0 Å². The van der Waals surface area contributed by atoms with Gasteiger partial charge in [0.25, 0.3) is 0 Å². The molecule has 138 valence electrons. The van der Waals surface area contributed by atoms with Crippen molar-refractivity contribution in [3.8, 4) is 5.88 Å². The zero-order chi connectivity index (χ0) is 18.5. The molecule has 0 saturated carbocycles. The highest BCUT2D eigenvalue weighted by Gasteiger charge is 2.24. The van der Waals surface area contributed by atoms with Gasteiger partial charge in [-0.2, -0.15) is 0 Å². The number of likely N-dealkylation sites (tertiary alicyclic amines) is 1. The van der Waals surface area contributed by atoms with Crippen molar-refractivity contribution in [1.82, 2.24) is 9.88 Å². The Morgan fingerprint density at radius 3 is 2.69 bits per heavy atom. The summed E-state index contributed by atoms with van der Waals surface area (Å²) in [4.78, 5) is 6.48. The molecule has 0 atom stereocenters. The van der Waals surface area contributed by atoms with Crippen LogP contribution >= 0.6 is 0 Å². The molecule has 0 spiro atoms. The molecule has 0 radical (unpaired) electrons. The van der Waals surface area contributed by atoms with Crippen LogP contribution in [0.5, 0.6) is 5.88 Å². The number of rotatable bonds is 4. The lowest BCUT2D eigenvalue weighted by Gasteiger charge is -2.32. The lowest BCUT2D eigenvalue weighted by atomic mass is 9.98. The molecular formula is C20H24FN3O2. The third-order valence-corrected chi connectivity index (χ3v) is 4.74. The first-order valence-electron chi connectivity index (χ1n) is 8.89. The Morgan fingerprint density at radius 1 is 1.27 bits per heavy atom. The van der Waals surface area contributed by atoms with Crippen molar-refractivity contribution in [2.75, 3.05) is 13.1 Å². The molecule has 1 aliphatic heterocycles. The predicted octanol–water partition coefficient (Wildman–Crippen LogP) is 3.98. The quantitative estimate of drug-likeness (QED) is 0.389. The van der Waals surface area contributed by atoms with E-state index in [-0.39, 0.29) is 12.4 Å². The Labute approximate surface area is 153 Å². The highest BCUT2D eigenvalue weighted by atomic mass is 19.1. The molecular weight excluding hydrogens is 333 g/mol. The first kappa shape index (κ1) is 18.2. The third kappa shape index (κ3) is 4.12. The summed E-state index contributed by atoms with van der Waals surface area (Å²) in [5, 5.41) is 13.1. The first-order valence-corrected chi connectivity index (χ1v) is 8.89. The number of aryl methyl sites for hydroxylation is 1. The van der Waals surface area contributed by atoms with Crippen molar-refractivity contribution in [1.29, 1.82) is 0 Å². The van der Waals surface area contributed by atoms with Crippen LogP contribution in [0, 0.1) is 18.7 Å². The van der Waals surface area contributed by atoms with Gasteiger partial charge in [0.15, 0.2) is 5.84 Å². The van der Waals surface area contributed by atoms with E-state index in [9.17, 15) is 9.60 Å². The van der Waals surface area contributed by atoms with Crippen LogP contribution in [0.4, 0.5) is 4.39 Å². The minimum absolute atomic E-state index is 0.0614. The summed E-state index contributed by atoms with van der Waals surface area (Å²) in [6, 6.07) is 10.2. The minimum atomic E-state index is -0.317. The zero-order valence-electron chi connectivity index (χ0n) is 15.2. The average Bonchev–Trinajstić information content (AvgIpc) is 2.64. The number of nitrogens with zero attached hydrogens (tertiary/aromatic N) is 3. The molecule has 6 heteroatoms. The zero-order valence-corrected chi connectivity index (χ0v) is 15.2. The van der Waals surface area contributed by atoms with E-state index in [1.165, 1.54) is 6.07 Å². The summed E-state index contributed by atoms with van der Waals surface area (Å²) in [6.45, 7) is 5.79. The van der Waals surface area contributed by atoms with Crippen molar-refractivity contribution in [2.45, 2.75) is 33.3 Å². The molecule has 0 amide bonds. The molecule has 1 saturated heterocycles. The second kappa shape index (κ2) is 8.17. The summed E-state index contributed by atoms with van der Waals surface area (Å²) in [6.07, 6.45) is 2.09. The molecule has 5 nitrogen and oxygen atoms in total. The Morgan fingerprint density at radius 2 is 2.00 bits per heavy atom. The molecule has 1 N–H and O–H groups in total. The van der Waals surface area contributed by atoms with Crippen molar-refractivity contribution >= 4 is 5.84 Å². The minimum Gasteiger partial charge on any atom is -0.472 e. The van der Waals surface area contributed by atoms with Crippen LogP contribution in [-0.2, 0) is 6.61 Å². The first-order chi connectivity index (χ1) is 12.6. The number of benzene rings is 1. The molecule has 2 heterocycles. The van der Waals surface area contributed by atoms with Gasteiger partial charge in [0.1, 0.15) is 12.4 Å². The van der Waals surface area contributed by atoms with Gasteiger partial charge >= 0.3 is 0 Å². The standard InChI is InChI=1S/C20H24FN3O2/c1-14-9-11-24(12-10-14)19(23-25)17-8-7-15(2)22-20(17)26-13-16-5-3-4-6-18(16)21/h3-8,14,25H,9-13H2,1-2H3/b23-19-. The van der Waals surface area contributed by atoms with Crippen LogP contribution in [0.1, 0.15) is 36.6 Å². The molecule has 26 heavy (non-hydrogen) atoms. The van der Waals surface area contributed by atoms with Crippen LogP contribution in [0.15, 0.2) is 41.6 Å². The summed E-state index contributed by atoms with van der Waals surface area (Å²) in [5.41, 5.74) is 1.85. The fourth-order valence-corrected chi connectivity index (χ4v) is 3.08. The number of pyridine rings is 1. The van der Waals surface area contributed by atoms with Gasteiger partial charge in [0, 0.05) is 24.3 Å². The number of ether oxygens (including phenoxy) is 1. The van der Waals surface area contributed by atoms with E-state index in [0.29, 0.717) is 28.8 Å². The summed E-state index contributed by atoms with van der Waals surface area (Å²) in [7, 11) is 0. The van der Waals surface area contributed by atoms with E-state index in [1.807, 2.05) is 24.0 Å². The summed E-state index contributed by atoms with van der Waals surface area (Å²) >= 11 is 0. The number of oxime groups is 1. The van der Waals surface area contributed by atoms with Gasteiger partial charge in [0.05, 0.1) is 5.56 Å². The molecule has 0 aliphatic carbocycles. The van der Waals surface area contributed by atoms with E-state index in [1.54, 1.807) is 18.2 Å². The maximum absolute atomic E-state index is 13.9. The van der Waals surface area contributed by atoms with Crippen molar-refractivity contribution in [3.05, 3.63) is 59.0 Å². The molecule has 0 unspecified atom stereocenters. The van der Waals surface area contributed by atoms with Gasteiger partial charge in [0.2, 0.25) is 5.88 Å². The highest BCUT2D eigenvalue weighted by Crippen LogP contribution is 2.24. The number of hydrogen-bond donors (Lipinski definition) is 1. The number of piperidine rings is 1. The topological polar surface area (TPSA) is 58.0 Å². The third-order valence-electron chi connectivity index (χ3n) is 4.74. The number of hydrogen-bond acceptors (Lipinski definition) is 4. The monoisotopic (exact) mass is 357 g/mol. The van der Waals surface area contributed by atoms with Crippen LogP contribution in [-0.4, -0.2) is 34.0 Å². The van der Waals surface area contributed by atoms with E-state index in [0.717, 1.165) is 31.6 Å². The second-order valence-electron chi connectivity index (χ2n) is 6.78. The Hall–Kier alpha value is -2.63. The maximum atomic E-state index is 13.9. The number of amidine groups is 1. The van der Waals surface area contributed by atoms with Crippen molar-refractivity contribution in [3.63, 3.8) is 0 Å². The molecule has 1 aromatic heterocycles. The van der Waals surface area contributed by atoms with Crippen LogP contribution in [0.3, 0.4) is 0 Å². The smallest absolute Gasteiger partial charge is 0.225 e. The summed E-state index contributed by atoms with van der Waals surface area (Å²) in [5.74, 6) is 1.15. The average molecular weight is 357 g/mol. The van der Waals surface area contributed by atoms with E-state index in [4.69, 9.17) is 4.74 Å². The van der Waals surface area contributed by atoms with Gasteiger partial charge in [-0.05, 0) is 43.9 Å². The molecule has 1 aromatic carbocycles. The van der Waals surface area contributed by atoms with Gasteiger partial charge in [-0.3, -0.25) is 0 Å². The largest absolute Gasteiger partial charge is 0.472 e. The SMILES string of the molecule is Cc1ccc(/C(=N/O)N2CCC(C)CC2)c(OCc2ccccc2F)n1. The van der Waals surface area contributed by atoms with Crippen molar-refractivity contribution < 1.29 is 14.3 Å². The van der Waals surface area contributed by atoms with E-state index < -0.39 is 0 Å². The van der Waals surface area contributed by atoms with Gasteiger partial charge < -0.3 is 14.8 Å². The molecule has 0 bridgehead atoms. The van der Waals surface area contributed by atoms with Crippen LogP contribution < -0.4 is 4.74 Å². The van der Waals surface area contributed by atoms with Gasteiger partial charge in [-0.25, -0.2) is 9.37 Å². The van der Waals surface area contributed by atoms with Gasteiger partial charge in [-0.15, -0.1) is 0 Å². The highest BCUT2D eigenvalue weighted by molar-refractivity contribution is 6.00. The number of halogens is 1. The Balaban J connectivity index is 1.84. The summed E-state index contributed by atoms with van der Waals surface area (Å²) < 4.78 is 19.7. The fraction of sp³-hybridized carbons (Fsp3) is 0.400. The Kier molecular flexibility index (Phi) is 5.71. The Bertz CT molecular complexity index is 786. The van der Waals surface area contributed by atoms with E-state index in [2.05, 4.69) is 17.1 Å².